The monoisotopic (exact) mass is 256 g/mol. The number of hydrogen-bond donors (Lipinski definition) is 2. The van der Waals surface area contributed by atoms with Crippen molar-refractivity contribution in [3.63, 3.8) is 0 Å². The van der Waals surface area contributed by atoms with Crippen molar-refractivity contribution in [2.24, 2.45) is 0 Å². The molecule has 0 atom stereocenters. The largest absolute Gasteiger partial charge is 0.437 e. The van der Waals surface area contributed by atoms with E-state index in [1.807, 2.05) is 31.2 Å². The molecule has 0 spiro atoms. The van der Waals surface area contributed by atoms with E-state index in [1.165, 1.54) is 6.33 Å². The summed E-state index contributed by atoms with van der Waals surface area (Å²) in [5.41, 5.74) is 7.50. The molecule has 0 saturated heterocycles. The Hall–Kier alpha value is -2.56. The van der Waals surface area contributed by atoms with Crippen molar-refractivity contribution in [1.82, 2.24) is 9.97 Å². The molecule has 0 saturated carbocycles. The molecule has 5 heteroatoms. The number of nitrogens with two attached hydrogens (primary N) is 1. The molecule has 0 radical (unpaired) electrons. The fourth-order valence-electron chi connectivity index (χ4n) is 1.49. The van der Waals surface area contributed by atoms with Gasteiger partial charge in [0.15, 0.2) is 5.82 Å². The molecule has 19 heavy (non-hydrogen) atoms. The SMILES string of the molecule is C=CCNc1ncnc(Oc2ccc(C)cc2)c1N. The molecular formula is C14H16N4O. The van der Waals surface area contributed by atoms with Crippen LogP contribution in [0.1, 0.15) is 5.56 Å². The van der Waals surface area contributed by atoms with Crippen molar-refractivity contribution in [2.75, 3.05) is 17.6 Å². The smallest absolute Gasteiger partial charge is 0.248 e. The lowest BCUT2D eigenvalue weighted by molar-refractivity contribution is 0.464. The number of rotatable bonds is 5. The molecule has 2 rings (SSSR count). The molecule has 98 valence electrons. The summed E-state index contributed by atoms with van der Waals surface area (Å²) in [5, 5.41) is 3.02. The minimum Gasteiger partial charge on any atom is -0.437 e. The Morgan fingerprint density at radius 1 is 1.32 bits per heavy atom. The molecule has 0 amide bonds. The summed E-state index contributed by atoms with van der Waals surface area (Å²) in [4.78, 5) is 8.10. The Labute approximate surface area is 112 Å². The quantitative estimate of drug-likeness (QED) is 0.805. The Morgan fingerprint density at radius 2 is 2.05 bits per heavy atom. The number of nitrogen functional groups attached to an aromatic ring is 1. The van der Waals surface area contributed by atoms with E-state index in [0.717, 1.165) is 5.56 Å². The number of anilines is 2. The van der Waals surface area contributed by atoms with Crippen LogP contribution in [0, 0.1) is 6.92 Å². The summed E-state index contributed by atoms with van der Waals surface area (Å²) in [5.74, 6) is 1.56. The second-order valence-electron chi connectivity index (χ2n) is 4.03. The third-order valence-electron chi connectivity index (χ3n) is 2.50. The highest BCUT2D eigenvalue weighted by Crippen LogP contribution is 2.29. The van der Waals surface area contributed by atoms with E-state index >= 15 is 0 Å². The average Bonchev–Trinajstić information content (AvgIpc) is 2.42. The topological polar surface area (TPSA) is 73.1 Å². The summed E-state index contributed by atoms with van der Waals surface area (Å²) >= 11 is 0. The van der Waals surface area contributed by atoms with Gasteiger partial charge in [-0.3, -0.25) is 0 Å². The van der Waals surface area contributed by atoms with Crippen LogP contribution in [0.3, 0.4) is 0 Å². The predicted octanol–water partition coefficient (Wildman–Crippen LogP) is 2.76. The lowest BCUT2D eigenvalue weighted by Crippen LogP contribution is -2.06. The highest BCUT2D eigenvalue weighted by atomic mass is 16.5. The molecule has 3 N–H and O–H groups in total. The van der Waals surface area contributed by atoms with Crippen molar-refractivity contribution in [1.29, 1.82) is 0 Å². The third kappa shape index (κ3) is 3.22. The van der Waals surface area contributed by atoms with Gasteiger partial charge in [0.05, 0.1) is 0 Å². The molecule has 2 aromatic rings. The van der Waals surface area contributed by atoms with Crippen LogP contribution in [-0.4, -0.2) is 16.5 Å². The summed E-state index contributed by atoms with van der Waals surface area (Å²) in [6, 6.07) is 7.66. The van der Waals surface area contributed by atoms with Crippen molar-refractivity contribution >= 4 is 11.5 Å². The fourth-order valence-corrected chi connectivity index (χ4v) is 1.49. The predicted molar refractivity (Wildman–Crippen MR) is 76.4 cm³/mol. The van der Waals surface area contributed by atoms with Crippen LogP contribution in [0.2, 0.25) is 0 Å². The van der Waals surface area contributed by atoms with Crippen molar-refractivity contribution in [3.8, 4) is 11.6 Å². The minimum atomic E-state index is 0.338. The van der Waals surface area contributed by atoms with Crippen LogP contribution in [0.15, 0.2) is 43.2 Å². The summed E-state index contributed by atoms with van der Waals surface area (Å²) in [6.45, 7) is 6.21. The van der Waals surface area contributed by atoms with Crippen LogP contribution in [0.5, 0.6) is 11.6 Å². The molecule has 1 heterocycles. The molecular weight excluding hydrogens is 240 g/mol. The molecule has 0 unspecified atom stereocenters. The number of aromatic nitrogens is 2. The molecule has 1 aromatic heterocycles. The number of nitrogens with zero attached hydrogens (tertiary/aromatic N) is 2. The molecule has 0 fully saturated rings. The van der Waals surface area contributed by atoms with Gasteiger partial charge in [-0.05, 0) is 19.1 Å². The van der Waals surface area contributed by atoms with E-state index in [4.69, 9.17) is 10.5 Å². The lowest BCUT2D eigenvalue weighted by atomic mass is 10.2. The maximum absolute atomic E-state index is 5.96. The van der Waals surface area contributed by atoms with Gasteiger partial charge in [-0.1, -0.05) is 23.8 Å². The zero-order valence-electron chi connectivity index (χ0n) is 10.8. The minimum absolute atomic E-state index is 0.338. The fraction of sp³-hybridized carbons (Fsp3) is 0.143. The van der Waals surface area contributed by atoms with Gasteiger partial charge < -0.3 is 15.8 Å². The average molecular weight is 256 g/mol. The first-order chi connectivity index (χ1) is 9.20. The molecule has 0 bridgehead atoms. The Bertz CT molecular complexity index is 566. The van der Waals surface area contributed by atoms with E-state index in [-0.39, 0.29) is 0 Å². The van der Waals surface area contributed by atoms with Gasteiger partial charge in [0, 0.05) is 6.54 Å². The van der Waals surface area contributed by atoms with E-state index < -0.39 is 0 Å². The highest BCUT2D eigenvalue weighted by Gasteiger charge is 2.09. The number of ether oxygens (including phenoxy) is 1. The normalized spacial score (nSPS) is 9.95. The Kier molecular flexibility index (Phi) is 3.97. The van der Waals surface area contributed by atoms with Gasteiger partial charge in [-0.2, -0.15) is 4.98 Å². The van der Waals surface area contributed by atoms with Crippen molar-refractivity contribution < 1.29 is 4.74 Å². The number of aryl methyl sites for hydroxylation is 1. The molecule has 0 aliphatic carbocycles. The zero-order chi connectivity index (χ0) is 13.7. The highest BCUT2D eigenvalue weighted by molar-refractivity contribution is 5.67. The second-order valence-corrected chi connectivity index (χ2v) is 4.03. The molecule has 0 aliphatic heterocycles. The molecule has 5 nitrogen and oxygen atoms in total. The first-order valence-corrected chi connectivity index (χ1v) is 5.90. The first kappa shape index (κ1) is 12.9. The van der Waals surface area contributed by atoms with Crippen LogP contribution >= 0.6 is 0 Å². The van der Waals surface area contributed by atoms with Gasteiger partial charge in [0.25, 0.3) is 0 Å². The third-order valence-corrected chi connectivity index (χ3v) is 2.50. The number of nitrogens with one attached hydrogen (secondary N) is 1. The van der Waals surface area contributed by atoms with Crippen molar-refractivity contribution in [2.45, 2.75) is 6.92 Å². The second kappa shape index (κ2) is 5.86. The van der Waals surface area contributed by atoms with Gasteiger partial charge in [0.2, 0.25) is 5.88 Å². The standard InChI is InChI=1S/C14H16N4O/c1-3-8-16-13-12(15)14(18-9-17-13)19-11-6-4-10(2)5-7-11/h3-7,9H,1,8,15H2,2H3,(H,16,17,18). The molecule has 0 aliphatic rings. The van der Waals surface area contributed by atoms with Crippen LogP contribution in [-0.2, 0) is 0 Å². The van der Waals surface area contributed by atoms with E-state index in [9.17, 15) is 0 Å². The van der Waals surface area contributed by atoms with Gasteiger partial charge in [0.1, 0.15) is 17.8 Å². The van der Waals surface area contributed by atoms with Gasteiger partial charge in [-0.15, -0.1) is 6.58 Å². The Balaban J connectivity index is 2.20. The maximum atomic E-state index is 5.96. The van der Waals surface area contributed by atoms with Crippen LogP contribution < -0.4 is 15.8 Å². The maximum Gasteiger partial charge on any atom is 0.248 e. The lowest BCUT2D eigenvalue weighted by Gasteiger charge is -2.10. The number of hydrogen-bond acceptors (Lipinski definition) is 5. The summed E-state index contributed by atoms with van der Waals surface area (Å²) in [6.07, 6.45) is 3.13. The first-order valence-electron chi connectivity index (χ1n) is 5.90. The van der Waals surface area contributed by atoms with Gasteiger partial charge in [-0.25, -0.2) is 4.98 Å². The Morgan fingerprint density at radius 3 is 2.74 bits per heavy atom. The van der Waals surface area contributed by atoms with Crippen molar-refractivity contribution in [3.05, 3.63) is 48.8 Å². The van der Waals surface area contributed by atoms with E-state index in [2.05, 4.69) is 21.9 Å². The van der Waals surface area contributed by atoms with E-state index in [1.54, 1.807) is 6.08 Å². The van der Waals surface area contributed by atoms with E-state index in [0.29, 0.717) is 29.7 Å². The van der Waals surface area contributed by atoms with Crippen LogP contribution in [0.4, 0.5) is 11.5 Å². The van der Waals surface area contributed by atoms with Gasteiger partial charge >= 0.3 is 0 Å². The molecule has 1 aromatic carbocycles. The number of benzene rings is 1. The summed E-state index contributed by atoms with van der Waals surface area (Å²) < 4.78 is 5.64. The van der Waals surface area contributed by atoms with Crippen LogP contribution in [0.25, 0.3) is 0 Å². The zero-order valence-corrected chi connectivity index (χ0v) is 10.8. The summed E-state index contributed by atoms with van der Waals surface area (Å²) in [7, 11) is 0.